The van der Waals surface area contributed by atoms with Gasteiger partial charge in [0.05, 0.1) is 11.0 Å². The maximum absolute atomic E-state index is 12.0. The number of amides is 1. The van der Waals surface area contributed by atoms with E-state index >= 15 is 0 Å². The first kappa shape index (κ1) is 13.9. The van der Waals surface area contributed by atoms with E-state index in [-0.39, 0.29) is 0 Å². The molecular weight excluding hydrogens is 306 g/mol. The number of nitrogens with one attached hydrogen (secondary N) is 1. The fourth-order valence-electron chi connectivity index (χ4n) is 2.32. The number of azo groups is 1. The lowest BCUT2D eigenvalue weighted by Gasteiger charge is -1.97. The highest BCUT2D eigenvalue weighted by Crippen LogP contribution is 2.29. The number of hydrogen-bond donors (Lipinski definition) is 2. The van der Waals surface area contributed by atoms with Crippen molar-refractivity contribution in [2.24, 2.45) is 10.2 Å². The standard InChI is InChI=1S/C16H11N7O/c17-14-12-13(20-11-4-2-1-3-10(11)19-12)15(21-14)22-23-16(24)9-5-7-18-8-6-9/h1-8,21H,17H2. The number of nitrogens with two attached hydrogens (primary N) is 1. The fraction of sp³-hybridized carbons (Fsp3) is 0. The molecule has 1 amide bonds. The van der Waals surface area contributed by atoms with Gasteiger partial charge in [-0.05, 0) is 24.3 Å². The second-order valence-electron chi connectivity index (χ2n) is 5.04. The average Bonchev–Trinajstić information content (AvgIpc) is 2.94. The number of rotatable bonds is 2. The van der Waals surface area contributed by atoms with Gasteiger partial charge in [0.25, 0.3) is 5.91 Å². The van der Waals surface area contributed by atoms with Crippen LogP contribution in [0, 0.1) is 0 Å². The fourth-order valence-corrected chi connectivity index (χ4v) is 2.32. The van der Waals surface area contributed by atoms with Crippen LogP contribution in [-0.4, -0.2) is 25.8 Å². The lowest BCUT2D eigenvalue weighted by Crippen LogP contribution is -1.93. The number of H-pyrrole nitrogens is 1. The number of benzene rings is 1. The SMILES string of the molecule is Nc1[nH]c(N=NC(=O)c2ccncc2)c2nc3ccccc3nc12. The molecular formula is C16H11N7O. The molecule has 0 fully saturated rings. The van der Waals surface area contributed by atoms with Gasteiger partial charge in [-0.1, -0.05) is 12.1 Å². The van der Waals surface area contributed by atoms with Crippen molar-refractivity contribution in [2.75, 3.05) is 5.73 Å². The highest BCUT2D eigenvalue weighted by atomic mass is 16.1. The van der Waals surface area contributed by atoms with Crippen molar-refractivity contribution in [3.63, 3.8) is 0 Å². The van der Waals surface area contributed by atoms with Crippen LogP contribution in [0.15, 0.2) is 59.0 Å². The van der Waals surface area contributed by atoms with Crippen LogP contribution in [0.1, 0.15) is 10.4 Å². The monoisotopic (exact) mass is 317 g/mol. The predicted molar refractivity (Wildman–Crippen MR) is 88.9 cm³/mol. The third-order valence-corrected chi connectivity index (χ3v) is 3.47. The maximum atomic E-state index is 12.0. The molecule has 4 rings (SSSR count). The molecule has 3 N–H and O–H groups in total. The Kier molecular flexibility index (Phi) is 3.20. The number of carbonyl (C=O) groups is 1. The zero-order valence-electron chi connectivity index (χ0n) is 12.3. The molecule has 0 aliphatic rings. The lowest BCUT2D eigenvalue weighted by molar-refractivity contribution is 0.0995. The highest BCUT2D eigenvalue weighted by Gasteiger charge is 2.13. The molecule has 0 bridgehead atoms. The summed E-state index contributed by atoms with van der Waals surface area (Å²) in [4.78, 5) is 27.7. The quantitative estimate of drug-likeness (QED) is 0.550. The summed E-state index contributed by atoms with van der Waals surface area (Å²) in [6.07, 6.45) is 3.03. The van der Waals surface area contributed by atoms with Crippen LogP contribution >= 0.6 is 0 Å². The number of nitrogens with zero attached hydrogens (tertiary/aromatic N) is 5. The highest BCUT2D eigenvalue weighted by molar-refractivity contribution is 5.99. The van der Waals surface area contributed by atoms with E-state index in [1.807, 2.05) is 24.3 Å². The van der Waals surface area contributed by atoms with Gasteiger partial charge in [-0.25, -0.2) is 9.97 Å². The minimum Gasteiger partial charge on any atom is -0.383 e. The molecule has 0 aliphatic heterocycles. The first-order valence-electron chi connectivity index (χ1n) is 7.12. The second kappa shape index (κ2) is 5.51. The summed E-state index contributed by atoms with van der Waals surface area (Å²) in [7, 11) is 0. The van der Waals surface area contributed by atoms with Crippen molar-refractivity contribution in [1.29, 1.82) is 0 Å². The number of nitrogen functional groups attached to an aromatic ring is 1. The molecule has 8 nitrogen and oxygen atoms in total. The summed E-state index contributed by atoms with van der Waals surface area (Å²) in [5.41, 5.74) is 8.74. The molecule has 24 heavy (non-hydrogen) atoms. The number of aromatic nitrogens is 4. The van der Waals surface area contributed by atoms with Crippen LogP contribution in [0.3, 0.4) is 0 Å². The van der Waals surface area contributed by atoms with Gasteiger partial charge in [-0.2, -0.15) is 0 Å². The maximum Gasteiger partial charge on any atom is 0.295 e. The molecule has 3 aromatic heterocycles. The van der Waals surface area contributed by atoms with Crippen molar-refractivity contribution < 1.29 is 4.79 Å². The van der Waals surface area contributed by atoms with Gasteiger partial charge in [0.15, 0.2) is 5.82 Å². The summed E-state index contributed by atoms with van der Waals surface area (Å²) in [5.74, 6) is 0.143. The molecule has 0 unspecified atom stereocenters. The Morgan fingerprint density at radius 2 is 1.67 bits per heavy atom. The van der Waals surface area contributed by atoms with Gasteiger partial charge in [-0.15, -0.1) is 10.2 Å². The van der Waals surface area contributed by atoms with Gasteiger partial charge in [0, 0.05) is 18.0 Å². The van der Waals surface area contributed by atoms with Crippen LogP contribution in [0.4, 0.5) is 11.6 Å². The molecule has 0 atom stereocenters. The molecule has 4 aromatic rings. The van der Waals surface area contributed by atoms with Crippen LogP contribution in [0.2, 0.25) is 0 Å². The number of para-hydroxylation sites is 2. The molecule has 0 spiro atoms. The lowest BCUT2D eigenvalue weighted by atomic mass is 10.3. The van der Waals surface area contributed by atoms with Gasteiger partial charge in [-0.3, -0.25) is 9.78 Å². The molecule has 3 heterocycles. The molecule has 0 radical (unpaired) electrons. The van der Waals surface area contributed by atoms with Crippen molar-refractivity contribution in [1.82, 2.24) is 19.9 Å². The zero-order valence-corrected chi connectivity index (χ0v) is 12.3. The molecule has 0 saturated heterocycles. The van der Waals surface area contributed by atoms with Gasteiger partial charge < -0.3 is 10.7 Å². The van der Waals surface area contributed by atoms with E-state index in [1.54, 1.807) is 12.1 Å². The van der Waals surface area contributed by atoms with Gasteiger partial charge >= 0.3 is 0 Å². The number of hydrogen-bond acceptors (Lipinski definition) is 6. The third-order valence-electron chi connectivity index (χ3n) is 3.47. The number of anilines is 1. The predicted octanol–water partition coefficient (Wildman–Crippen LogP) is 3.01. The summed E-state index contributed by atoms with van der Waals surface area (Å²) in [6.45, 7) is 0. The van der Waals surface area contributed by atoms with Crippen LogP contribution in [-0.2, 0) is 0 Å². The molecule has 0 saturated carbocycles. The molecule has 1 aromatic carbocycles. The Hall–Kier alpha value is -3.68. The van der Waals surface area contributed by atoms with E-state index in [4.69, 9.17) is 5.73 Å². The normalized spacial score (nSPS) is 11.5. The summed E-state index contributed by atoms with van der Waals surface area (Å²) in [5, 5.41) is 7.67. The largest absolute Gasteiger partial charge is 0.383 e. The van der Waals surface area contributed by atoms with Crippen molar-refractivity contribution >= 4 is 39.6 Å². The number of aromatic amines is 1. The van der Waals surface area contributed by atoms with Crippen molar-refractivity contribution in [2.45, 2.75) is 0 Å². The Labute approximate surface area is 135 Å². The zero-order chi connectivity index (χ0) is 16.5. The van der Waals surface area contributed by atoms with E-state index in [1.165, 1.54) is 12.4 Å². The topological polar surface area (TPSA) is 122 Å². The van der Waals surface area contributed by atoms with E-state index in [0.717, 1.165) is 5.52 Å². The average molecular weight is 317 g/mol. The minimum atomic E-state index is -0.479. The molecule has 116 valence electrons. The number of fused-ring (bicyclic) bond motifs is 2. The van der Waals surface area contributed by atoms with Crippen molar-refractivity contribution in [3.8, 4) is 0 Å². The summed E-state index contributed by atoms with van der Waals surface area (Å²) >= 11 is 0. The first-order valence-corrected chi connectivity index (χ1v) is 7.12. The summed E-state index contributed by atoms with van der Waals surface area (Å²) in [6, 6.07) is 10.6. The molecule has 8 heteroatoms. The summed E-state index contributed by atoms with van der Waals surface area (Å²) < 4.78 is 0. The van der Waals surface area contributed by atoms with Crippen molar-refractivity contribution in [3.05, 3.63) is 54.4 Å². The minimum absolute atomic E-state index is 0.295. The molecule has 0 aliphatic carbocycles. The van der Waals surface area contributed by atoms with Gasteiger partial charge in [0.1, 0.15) is 16.9 Å². The Morgan fingerprint density at radius 3 is 2.38 bits per heavy atom. The smallest absolute Gasteiger partial charge is 0.295 e. The van der Waals surface area contributed by atoms with E-state index in [2.05, 4.69) is 30.2 Å². The Morgan fingerprint density at radius 1 is 1.00 bits per heavy atom. The number of pyridine rings is 1. The van der Waals surface area contributed by atoms with Crippen LogP contribution in [0.25, 0.3) is 22.1 Å². The van der Waals surface area contributed by atoms with E-state index < -0.39 is 5.91 Å². The second-order valence-corrected chi connectivity index (χ2v) is 5.04. The Bertz CT molecular complexity index is 1090. The number of carbonyl (C=O) groups excluding carboxylic acids is 1. The van der Waals surface area contributed by atoms with E-state index in [0.29, 0.717) is 33.7 Å². The van der Waals surface area contributed by atoms with Crippen LogP contribution in [0.5, 0.6) is 0 Å². The van der Waals surface area contributed by atoms with E-state index in [9.17, 15) is 4.79 Å². The van der Waals surface area contributed by atoms with Crippen LogP contribution < -0.4 is 5.73 Å². The third kappa shape index (κ3) is 2.35. The Balaban J connectivity index is 1.78. The first-order chi connectivity index (χ1) is 11.7. The van der Waals surface area contributed by atoms with Gasteiger partial charge in [0.2, 0.25) is 0 Å².